The third-order valence-corrected chi connectivity index (χ3v) is 4.31. The molecule has 0 aliphatic rings. The van der Waals surface area contributed by atoms with Crippen LogP contribution >= 0.6 is 11.3 Å². The van der Waals surface area contributed by atoms with E-state index in [1.165, 1.54) is 11.3 Å². The van der Waals surface area contributed by atoms with Gasteiger partial charge in [0.15, 0.2) is 0 Å². The zero-order chi connectivity index (χ0) is 13.3. The number of carbonyl (C=O) groups is 1. The van der Waals surface area contributed by atoms with Crippen LogP contribution in [0.1, 0.15) is 45.7 Å². The molecule has 0 bridgehead atoms. The summed E-state index contributed by atoms with van der Waals surface area (Å²) in [5.41, 5.74) is 4.84. The highest BCUT2D eigenvalue weighted by atomic mass is 32.1. The molecule has 0 aromatic carbocycles. The SMILES string of the molecule is CC(NC(=O)C(C)(C)C(C)(C)N)c1nccs1. The lowest BCUT2D eigenvalue weighted by Crippen LogP contribution is -2.55. The Bertz CT molecular complexity index is 379. The van der Waals surface area contributed by atoms with Crippen LogP contribution in [0.4, 0.5) is 0 Å². The molecule has 1 aromatic heterocycles. The number of hydrogen-bond acceptors (Lipinski definition) is 4. The van der Waals surface area contributed by atoms with Crippen LogP contribution in [0.3, 0.4) is 0 Å². The Labute approximate surface area is 107 Å². The first-order chi connectivity index (χ1) is 7.66. The number of thiazole rings is 1. The maximum Gasteiger partial charge on any atom is 0.228 e. The van der Waals surface area contributed by atoms with Gasteiger partial charge in [0, 0.05) is 17.1 Å². The summed E-state index contributed by atoms with van der Waals surface area (Å²) in [6, 6.07) is -0.0795. The van der Waals surface area contributed by atoms with Gasteiger partial charge < -0.3 is 11.1 Å². The van der Waals surface area contributed by atoms with Gasteiger partial charge in [-0.1, -0.05) is 0 Å². The molecule has 0 saturated carbocycles. The molecule has 1 rings (SSSR count). The van der Waals surface area contributed by atoms with Crippen molar-refractivity contribution in [2.75, 3.05) is 0 Å². The molecule has 0 fully saturated rings. The van der Waals surface area contributed by atoms with Gasteiger partial charge >= 0.3 is 0 Å². The van der Waals surface area contributed by atoms with Crippen LogP contribution in [0.2, 0.25) is 0 Å². The highest BCUT2D eigenvalue weighted by Gasteiger charge is 2.40. The van der Waals surface area contributed by atoms with Crippen molar-refractivity contribution in [3.05, 3.63) is 16.6 Å². The Morgan fingerprint density at radius 2 is 2.06 bits per heavy atom. The van der Waals surface area contributed by atoms with Crippen molar-refractivity contribution in [3.63, 3.8) is 0 Å². The van der Waals surface area contributed by atoms with E-state index in [9.17, 15) is 4.79 Å². The molecule has 1 heterocycles. The lowest BCUT2D eigenvalue weighted by Gasteiger charge is -2.37. The minimum Gasteiger partial charge on any atom is -0.347 e. The minimum atomic E-state index is -0.626. The predicted molar refractivity (Wildman–Crippen MR) is 70.7 cm³/mol. The Kier molecular flexibility index (Phi) is 3.94. The van der Waals surface area contributed by atoms with Crippen LogP contribution in [0, 0.1) is 5.41 Å². The predicted octanol–water partition coefficient (Wildman–Crippen LogP) is 2.08. The van der Waals surface area contributed by atoms with E-state index in [-0.39, 0.29) is 11.9 Å². The molecule has 1 unspecified atom stereocenters. The zero-order valence-electron chi connectivity index (χ0n) is 11.1. The number of hydrogen-bond donors (Lipinski definition) is 2. The van der Waals surface area contributed by atoms with Gasteiger partial charge in [-0.05, 0) is 34.6 Å². The van der Waals surface area contributed by atoms with E-state index in [2.05, 4.69) is 10.3 Å². The maximum absolute atomic E-state index is 12.2. The Morgan fingerprint density at radius 3 is 2.47 bits per heavy atom. The molecule has 1 aromatic rings. The Hall–Kier alpha value is -0.940. The zero-order valence-corrected chi connectivity index (χ0v) is 11.9. The first-order valence-electron chi connectivity index (χ1n) is 5.65. The molecule has 4 nitrogen and oxygen atoms in total. The van der Waals surface area contributed by atoms with Crippen LogP contribution in [-0.2, 0) is 4.79 Å². The second-order valence-electron chi connectivity index (χ2n) is 5.41. The van der Waals surface area contributed by atoms with Crippen molar-refractivity contribution in [3.8, 4) is 0 Å². The fraction of sp³-hybridized carbons (Fsp3) is 0.667. The monoisotopic (exact) mass is 255 g/mol. The Morgan fingerprint density at radius 1 is 1.47 bits per heavy atom. The molecule has 0 aliphatic heterocycles. The highest BCUT2D eigenvalue weighted by Crippen LogP contribution is 2.29. The van der Waals surface area contributed by atoms with Crippen LogP contribution in [-0.4, -0.2) is 16.4 Å². The van der Waals surface area contributed by atoms with E-state index in [1.807, 2.05) is 40.0 Å². The summed E-state index contributed by atoms with van der Waals surface area (Å²) in [6.07, 6.45) is 1.74. The number of nitrogens with zero attached hydrogens (tertiary/aromatic N) is 1. The molecular formula is C12H21N3OS. The molecule has 0 spiro atoms. The largest absolute Gasteiger partial charge is 0.347 e. The fourth-order valence-corrected chi connectivity index (χ4v) is 1.83. The number of carbonyl (C=O) groups excluding carboxylic acids is 1. The summed E-state index contributed by atoms with van der Waals surface area (Å²) in [7, 11) is 0. The summed E-state index contributed by atoms with van der Waals surface area (Å²) < 4.78 is 0. The van der Waals surface area contributed by atoms with Gasteiger partial charge in [-0.3, -0.25) is 4.79 Å². The standard InChI is InChI=1S/C12H21N3OS/c1-8(9-14-6-7-17-9)15-10(16)11(2,3)12(4,5)13/h6-8H,13H2,1-5H3,(H,15,16). The van der Waals surface area contributed by atoms with Crippen LogP contribution < -0.4 is 11.1 Å². The summed E-state index contributed by atoms with van der Waals surface area (Å²) in [5, 5.41) is 5.76. The average molecular weight is 255 g/mol. The van der Waals surface area contributed by atoms with E-state index >= 15 is 0 Å². The fourth-order valence-electron chi connectivity index (χ4n) is 1.18. The second kappa shape index (κ2) is 4.74. The topological polar surface area (TPSA) is 68.0 Å². The molecule has 96 valence electrons. The minimum absolute atomic E-state index is 0.0484. The Balaban J connectivity index is 2.73. The van der Waals surface area contributed by atoms with Gasteiger partial charge in [0.1, 0.15) is 5.01 Å². The quantitative estimate of drug-likeness (QED) is 0.865. The molecule has 3 N–H and O–H groups in total. The van der Waals surface area contributed by atoms with E-state index in [4.69, 9.17) is 5.73 Å². The van der Waals surface area contributed by atoms with Crippen molar-refractivity contribution in [1.29, 1.82) is 0 Å². The number of amides is 1. The smallest absolute Gasteiger partial charge is 0.228 e. The summed E-state index contributed by atoms with van der Waals surface area (Å²) >= 11 is 1.53. The third-order valence-electron chi connectivity index (χ3n) is 3.35. The van der Waals surface area contributed by atoms with Crippen LogP contribution in [0.25, 0.3) is 0 Å². The van der Waals surface area contributed by atoms with E-state index < -0.39 is 11.0 Å². The molecule has 0 aliphatic carbocycles. The van der Waals surface area contributed by atoms with Gasteiger partial charge in [-0.2, -0.15) is 0 Å². The number of nitrogens with two attached hydrogens (primary N) is 1. The second-order valence-corrected chi connectivity index (χ2v) is 6.34. The lowest BCUT2D eigenvalue weighted by molar-refractivity contribution is -0.132. The van der Waals surface area contributed by atoms with Crippen molar-refractivity contribution >= 4 is 17.2 Å². The van der Waals surface area contributed by atoms with Crippen LogP contribution in [0.15, 0.2) is 11.6 Å². The molecular weight excluding hydrogens is 234 g/mol. The number of nitrogens with one attached hydrogen (secondary N) is 1. The molecule has 0 saturated heterocycles. The molecule has 5 heteroatoms. The molecule has 1 amide bonds. The average Bonchev–Trinajstić information content (AvgIpc) is 2.68. The number of rotatable bonds is 4. The van der Waals surface area contributed by atoms with Gasteiger partial charge in [-0.25, -0.2) is 4.98 Å². The summed E-state index contributed by atoms with van der Waals surface area (Å²) in [4.78, 5) is 16.4. The van der Waals surface area contributed by atoms with Gasteiger partial charge in [0.25, 0.3) is 0 Å². The maximum atomic E-state index is 12.2. The van der Waals surface area contributed by atoms with E-state index in [0.29, 0.717) is 0 Å². The van der Waals surface area contributed by atoms with Crippen molar-refractivity contribution in [1.82, 2.24) is 10.3 Å². The van der Waals surface area contributed by atoms with E-state index in [1.54, 1.807) is 6.20 Å². The summed E-state index contributed by atoms with van der Waals surface area (Å²) in [5.74, 6) is -0.0484. The van der Waals surface area contributed by atoms with E-state index in [0.717, 1.165) is 5.01 Å². The van der Waals surface area contributed by atoms with Gasteiger partial charge in [0.05, 0.1) is 11.5 Å². The third kappa shape index (κ3) is 3.04. The van der Waals surface area contributed by atoms with Crippen molar-refractivity contribution in [2.45, 2.75) is 46.2 Å². The normalized spacial score (nSPS) is 14.5. The molecule has 17 heavy (non-hydrogen) atoms. The summed E-state index contributed by atoms with van der Waals surface area (Å²) in [6.45, 7) is 9.37. The highest BCUT2D eigenvalue weighted by molar-refractivity contribution is 7.09. The molecule has 1 atom stereocenters. The first-order valence-corrected chi connectivity index (χ1v) is 6.53. The lowest BCUT2D eigenvalue weighted by atomic mass is 9.74. The van der Waals surface area contributed by atoms with Crippen LogP contribution in [0.5, 0.6) is 0 Å². The molecule has 0 radical (unpaired) electrons. The van der Waals surface area contributed by atoms with Gasteiger partial charge in [0.2, 0.25) is 5.91 Å². The first kappa shape index (κ1) is 14.1. The number of aromatic nitrogens is 1. The van der Waals surface area contributed by atoms with Crippen molar-refractivity contribution < 1.29 is 4.79 Å². The van der Waals surface area contributed by atoms with Crippen molar-refractivity contribution in [2.24, 2.45) is 11.1 Å². The van der Waals surface area contributed by atoms with Gasteiger partial charge in [-0.15, -0.1) is 11.3 Å².